The Morgan fingerprint density at radius 2 is 1.65 bits per heavy atom. The Labute approximate surface area is 110 Å². The zero-order valence-corrected chi connectivity index (χ0v) is 10.6. The number of aryl methyl sites for hydroxylation is 2. The van der Waals surface area contributed by atoms with Gasteiger partial charge in [0.2, 0.25) is 0 Å². The SMILES string of the molecule is Cc1cc(OC(C(F)(F)F)C(F)(F)F)c(CN)c(C)n1. The van der Waals surface area contributed by atoms with Crippen molar-refractivity contribution in [3.05, 3.63) is 23.0 Å². The number of hydrogen-bond donors (Lipinski definition) is 1. The minimum Gasteiger partial charge on any atom is -0.471 e. The molecule has 3 nitrogen and oxygen atoms in total. The monoisotopic (exact) mass is 302 g/mol. The van der Waals surface area contributed by atoms with Crippen LogP contribution in [-0.2, 0) is 6.54 Å². The topological polar surface area (TPSA) is 48.1 Å². The first-order valence-electron chi connectivity index (χ1n) is 5.44. The average molecular weight is 302 g/mol. The number of alkyl halides is 6. The van der Waals surface area contributed by atoms with Gasteiger partial charge in [-0.3, -0.25) is 4.98 Å². The number of pyridine rings is 1. The molecule has 114 valence electrons. The van der Waals surface area contributed by atoms with E-state index in [0.717, 1.165) is 6.07 Å². The van der Waals surface area contributed by atoms with E-state index in [1.54, 1.807) is 0 Å². The molecule has 0 unspecified atom stereocenters. The molecule has 0 amide bonds. The third-order valence-corrected chi connectivity index (χ3v) is 2.46. The molecule has 20 heavy (non-hydrogen) atoms. The van der Waals surface area contributed by atoms with Gasteiger partial charge in [0.15, 0.2) is 0 Å². The first-order chi connectivity index (χ1) is 8.96. The van der Waals surface area contributed by atoms with Crippen molar-refractivity contribution in [3.8, 4) is 5.75 Å². The van der Waals surface area contributed by atoms with Crippen molar-refractivity contribution in [1.29, 1.82) is 0 Å². The van der Waals surface area contributed by atoms with Gasteiger partial charge in [-0.05, 0) is 13.8 Å². The second-order valence-electron chi connectivity index (χ2n) is 4.11. The summed E-state index contributed by atoms with van der Waals surface area (Å²) in [5.41, 5.74) is 5.78. The summed E-state index contributed by atoms with van der Waals surface area (Å²) in [6.45, 7) is 2.57. The van der Waals surface area contributed by atoms with Gasteiger partial charge in [-0.2, -0.15) is 26.3 Å². The molecule has 0 spiro atoms. The van der Waals surface area contributed by atoms with E-state index in [2.05, 4.69) is 9.72 Å². The first kappa shape index (κ1) is 16.5. The molecule has 0 saturated heterocycles. The van der Waals surface area contributed by atoms with Crippen LogP contribution in [0.1, 0.15) is 17.0 Å². The fourth-order valence-corrected chi connectivity index (χ4v) is 1.62. The maximum atomic E-state index is 12.4. The highest BCUT2D eigenvalue weighted by Gasteiger charge is 2.59. The van der Waals surface area contributed by atoms with Crippen molar-refractivity contribution in [3.63, 3.8) is 0 Å². The highest BCUT2D eigenvalue weighted by atomic mass is 19.4. The van der Waals surface area contributed by atoms with Crippen molar-refractivity contribution < 1.29 is 31.1 Å². The predicted octanol–water partition coefficient (Wildman–Crippen LogP) is 3.03. The minimum atomic E-state index is -5.57. The molecule has 0 aliphatic heterocycles. The fourth-order valence-electron chi connectivity index (χ4n) is 1.62. The number of halogens is 6. The van der Waals surface area contributed by atoms with Gasteiger partial charge in [0.05, 0.1) is 0 Å². The predicted molar refractivity (Wildman–Crippen MR) is 58.1 cm³/mol. The van der Waals surface area contributed by atoms with E-state index < -0.39 is 24.2 Å². The molecule has 1 aromatic heterocycles. The van der Waals surface area contributed by atoms with Crippen LogP contribution in [0.4, 0.5) is 26.3 Å². The normalized spacial score (nSPS) is 12.9. The fraction of sp³-hybridized carbons (Fsp3) is 0.545. The molecule has 0 aliphatic carbocycles. The van der Waals surface area contributed by atoms with Gasteiger partial charge in [-0.1, -0.05) is 0 Å². The number of nitrogens with two attached hydrogens (primary N) is 1. The van der Waals surface area contributed by atoms with Crippen LogP contribution in [0.3, 0.4) is 0 Å². The number of hydrogen-bond acceptors (Lipinski definition) is 3. The van der Waals surface area contributed by atoms with E-state index in [4.69, 9.17) is 5.73 Å². The van der Waals surface area contributed by atoms with Gasteiger partial charge in [-0.15, -0.1) is 0 Å². The lowest BCUT2D eigenvalue weighted by Crippen LogP contribution is -2.46. The summed E-state index contributed by atoms with van der Waals surface area (Å²) in [5, 5.41) is 0. The molecule has 9 heteroatoms. The Hall–Kier alpha value is -1.51. The van der Waals surface area contributed by atoms with Crippen LogP contribution in [0.15, 0.2) is 6.07 Å². The molecule has 0 aliphatic rings. The second-order valence-corrected chi connectivity index (χ2v) is 4.11. The summed E-state index contributed by atoms with van der Waals surface area (Å²) >= 11 is 0. The highest BCUT2D eigenvalue weighted by molar-refractivity contribution is 5.38. The largest absolute Gasteiger partial charge is 0.471 e. The summed E-state index contributed by atoms with van der Waals surface area (Å²) in [5.74, 6) is -0.558. The molecular formula is C11H12F6N2O. The molecule has 1 heterocycles. The van der Waals surface area contributed by atoms with E-state index in [1.807, 2.05) is 0 Å². The standard InChI is InChI=1S/C11H12F6N2O/c1-5-3-8(7(4-18)6(2)19-5)20-9(10(12,13)14)11(15,16)17/h3,9H,4,18H2,1-2H3. The molecular weight excluding hydrogens is 290 g/mol. The first-order valence-corrected chi connectivity index (χ1v) is 5.44. The molecule has 0 saturated carbocycles. The van der Waals surface area contributed by atoms with Crippen LogP contribution in [0.5, 0.6) is 5.75 Å². The summed E-state index contributed by atoms with van der Waals surface area (Å²) in [7, 11) is 0. The van der Waals surface area contributed by atoms with Gasteiger partial charge in [0, 0.05) is 29.6 Å². The maximum absolute atomic E-state index is 12.4. The van der Waals surface area contributed by atoms with Gasteiger partial charge in [-0.25, -0.2) is 0 Å². The van der Waals surface area contributed by atoms with E-state index in [1.165, 1.54) is 13.8 Å². The summed E-state index contributed by atoms with van der Waals surface area (Å²) < 4.78 is 78.8. The molecule has 0 bridgehead atoms. The Morgan fingerprint density at radius 1 is 1.15 bits per heavy atom. The summed E-state index contributed by atoms with van der Waals surface area (Å²) in [4.78, 5) is 3.91. The molecule has 1 rings (SSSR count). The Morgan fingerprint density at radius 3 is 2.05 bits per heavy atom. The van der Waals surface area contributed by atoms with Gasteiger partial charge in [0.1, 0.15) is 5.75 Å². The van der Waals surface area contributed by atoms with Gasteiger partial charge in [0.25, 0.3) is 6.10 Å². The lowest BCUT2D eigenvalue weighted by molar-refractivity contribution is -0.300. The number of nitrogens with zero attached hydrogens (tertiary/aromatic N) is 1. The van der Waals surface area contributed by atoms with Crippen LogP contribution in [0.25, 0.3) is 0 Å². The van der Waals surface area contributed by atoms with Crippen molar-refractivity contribution >= 4 is 0 Å². The minimum absolute atomic E-state index is 0.00843. The smallest absolute Gasteiger partial charge is 0.434 e. The van der Waals surface area contributed by atoms with Gasteiger partial charge < -0.3 is 10.5 Å². The zero-order valence-electron chi connectivity index (χ0n) is 10.6. The Bertz CT molecular complexity index is 469. The van der Waals surface area contributed by atoms with Crippen LogP contribution in [-0.4, -0.2) is 23.4 Å². The molecule has 0 fully saturated rings. The van der Waals surface area contributed by atoms with Crippen LogP contribution in [0, 0.1) is 13.8 Å². The molecule has 1 aromatic rings. The highest BCUT2D eigenvalue weighted by Crippen LogP contribution is 2.37. The van der Waals surface area contributed by atoms with E-state index in [9.17, 15) is 26.3 Å². The third kappa shape index (κ3) is 3.75. The van der Waals surface area contributed by atoms with Crippen LogP contribution in [0.2, 0.25) is 0 Å². The van der Waals surface area contributed by atoms with Crippen molar-refractivity contribution in [2.45, 2.75) is 38.8 Å². The van der Waals surface area contributed by atoms with Gasteiger partial charge >= 0.3 is 12.4 Å². The molecule has 0 atom stereocenters. The van der Waals surface area contributed by atoms with Crippen LogP contribution >= 0.6 is 0 Å². The maximum Gasteiger partial charge on any atom is 0.434 e. The van der Waals surface area contributed by atoms with E-state index in [-0.39, 0.29) is 23.5 Å². The Kier molecular flexibility index (Phi) is 4.52. The molecule has 2 N–H and O–H groups in total. The average Bonchev–Trinajstić information content (AvgIpc) is 2.22. The zero-order chi connectivity index (χ0) is 15.7. The number of ether oxygens (including phenoxy) is 1. The molecule has 0 aromatic carbocycles. The second kappa shape index (κ2) is 5.47. The summed E-state index contributed by atoms with van der Waals surface area (Å²) in [6.07, 6.45) is -15.0. The summed E-state index contributed by atoms with van der Waals surface area (Å²) in [6, 6.07) is 1.000. The molecule has 0 radical (unpaired) electrons. The van der Waals surface area contributed by atoms with Crippen molar-refractivity contribution in [1.82, 2.24) is 4.98 Å². The lowest BCUT2D eigenvalue weighted by Gasteiger charge is -2.25. The third-order valence-electron chi connectivity index (χ3n) is 2.46. The number of aromatic nitrogens is 1. The number of rotatable bonds is 3. The quantitative estimate of drug-likeness (QED) is 0.873. The van der Waals surface area contributed by atoms with E-state index >= 15 is 0 Å². The van der Waals surface area contributed by atoms with Crippen molar-refractivity contribution in [2.24, 2.45) is 5.73 Å². The van der Waals surface area contributed by atoms with E-state index in [0.29, 0.717) is 0 Å². The lowest BCUT2D eigenvalue weighted by atomic mass is 10.1. The Balaban J connectivity index is 3.25. The van der Waals surface area contributed by atoms with Crippen molar-refractivity contribution in [2.75, 3.05) is 0 Å². The van der Waals surface area contributed by atoms with Crippen LogP contribution < -0.4 is 10.5 Å².